The molecule has 2 rings (SSSR count). The van der Waals surface area contributed by atoms with Gasteiger partial charge in [0.1, 0.15) is 5.75 Å². The standard InChI is InChI=1S/C11H15NO2/c1-13-10-4-2-3-9(7-10)11-8-14-6-5-12-11/h2-4,7,11-12H,5-6,8H2,1H3/t11-/m1/s1. The molecule has 1 saturated heterocycles. The second-order valence-electron chi connectivity index (χ2n) is 3.36. The predicted octanol–water partition coefficient (Wildman–Crippen LogP) is 1.36. The summed E-state index contributed by atoms with van der Waals surface area (Å²) in [6.07, 6.45) is 0. The van der Waals surface area contributed by atoms with Crippen LogP contribution in [0.1, 0.15) is 11.6 Å². The largest absolute Gasteiger partial charge is 0.497 e. The highest BCUT2D eigenvalue weighted by molar-refractivity contribution is 5.30. The van der Waals surface area contributed by atoms with E-state index in [9.17, 15) is 0 Å². The van der Waals surface area contributed by atoms with Crippen LogP contribution in [-0.4, -0.2) is 26.9 Å². The molecule has 0 aliphatic carbocycles. The Bertz CT molecular complexity index is 295. The van der Waals surface area contributed by atoms with E-state index in [1.54, 1.807) is 7.11 Å². The third-order valence-corrected chi connectivity index (χ3v) is 2.42. The Morgan fingerprint density at radius 3 is 3.14 bits per heavy atom. The summed E-state index contributed by atoms with van der Waals surface area (Å²) in [6.45, 7) is 2.47. The van der Waals surface area contributed by atoms with Gasteiger partial charge in [0, 0.05) is 6.54 Å². The van der Waals surface area contributed by atoms with E-state index in [0.717, 1.165) is 25.5 Å². The normalized spacial score (nSPS) is 21.9. The van der Waals surface area contributed by atoms with Crippen LogP contribution in [0.5, 0.6) is 5.75 Å². The quantitative estimate of drug-likeness (QED) is 0.769. The van der Waals surface area contributed by atoms with Crippen molar-refractivity contribution in [1.82, 2.24) is 5.32 Å². The van der Waals surface area contributed by atoms with E-state index in [2.05, 4.69) is 11.4 Å². The van der Waals surface area contributed by atoms with Crippen LogP contribution in [0.25, 0.3) is 0 Å². The van der Waals surface area contributed by atoms with Gasteiger partial charge in [0.25, 0.3) is 0 Å². The van der Waals surface area contributed by atoms with Gasteiger partial charge in [-0.25, -0.2) is 0 Å². The molecule has 3 nitrogen and oxygen atoms in total. The van der Waals surface area contributed by atoms with Gasteiger partial charge in [-0.1, -0.05) is 12.1 Å². The Morgan fingerprint density at radius 1 is 1.50 bits per heavy atom. The minimum Gasteiger partial charge on any atom is -0.497 e. The van der Waals surface area contributed by atoms with Crippen molar-refractivity contribution in [3.63, 3.8) is 0 Å². The van der Waals surface area contributed by atoms with Gasteiger partial charge in [0.15, 0.2) is 0 Å². The van der Waals surface area contributed by atoms with Gasteiger partial charge >= 0.3 is 0 Å². The molecule has 1 fully saturated rings. The zero-order valence-corrected chi connectivity index (χ0v) is 8.32. The van der Waals surface area contributed by atoms with E-state index in [-0.39, 0.29) is 0 Å². The Hall–Kier alpha value is -1.06. The summed E-state index contributed by atoms with van der Waals surface area (Å²) in [5.41, 5.74) is 1.23. The predicted molar refractivity (Wildman–Crippen MR) is 54.6 cm³/mol. The van der Waals surface area contributed by atoms with Crippen molar-refractivity contribution in [2.24, 2.45) is 0 Å². The Morgan fingerprint density at radius 2 is 2.43 bits per heavy atom. The average molecular weight is 193 g/mol. The Balaban J connectivity index is 2.13. The molecule has 1 aliphatic rings. The van der Waals surface area contributed by atoms with Crippen molar-refractivity contribution in [2.45, 2.75) is 6.04 Å². The lowest BCUT2D eigenvalue weighted by molar-refractivity contribution is 0.0768. The van der Waals surface area contributed by atoms with Crippen LogP contribution in [0, 0.1) is 0 Å². The number of ether oxygens (including phenoxy) is 2. The van der Waals surface area contributed by atoms with E-state index in [0.29, 0.717) is 6.04 Å². The van der Waals surface area contributed by atoms with Crippen LogP contribution >= 0.6 is 0 Å². The Labute approximate surface area is 84.0 Å². The van der Waals surface area contributed by atoms with Gasteiger partial charge in [0.05, 0.1) is 26.4 Å². The number of hydrogen-bond donors (Lipinski definition) is 1. The first-order chi connectivity index (χ1) is 6.90. The smallest absolute Gasteiger partial charge is 0.119 e. The molecule has 1 heterocycles. The maximum Gasteiger partial charge on any atom is 0.119 e. The molecular formula is C11H15NO2. The fourth-order valence-electron chi connectivity index (χ4n) is 1.64. The van der Waals surface area contributed by atoms with Gasteiger partial charge in [0.2, 0.25) is 0 Å². The summed E-state index contributed by atoms with van der Waals surface area (Å²) in [5.74, 6) is 0.898. The zero-order chi connectivity index (χ0) is 9.80. The molecule has 0 unspecified atom stereocenters. The van der Waals surface area contributed by atoms with Crippen molar-refractivity contribution in [2.75, 3.05) is 26.9 Å². The number of nitrogens with one attached hydrogen (secondary N) is 1. The molecule has 1 atom stereocenters. The Kier molecular flexibility index (Phi) is 3.01. The second kappa shape index (κ2) is 4.44. The monoisotopic (exact) mass is 193 g/mol. The van der Waals surface area contributed by atoms with E-state index in [1.807, 2.05) is 18.2 Å². The highest BCUT2D eigenvalue weighted by Crippen LogP contribution is 2.20. The number of methoxy groups -OCH3 is 1. The second-order valence-corrected chi connectivity index (χ2v) is 3.36. The van der Waals surface area contributed by atoms with Gasteiger partial charge in [-0.3, -0.25) is 0 Å². The highest BCUT2D eigenvalue weighted by atomic mass is 16.5. The van der Waals surface area contributed by atoms with Crippen molar-refractivity contribution in [1.29, 1.82) is 0 Å². The molecule has 14 heavy (non-hydrogen) atoms. The van der Waals surface area contributed by atoms with E-state index in [1.165, 1.54) is 5.56 Å². The van der Waals surface area contributed by atoms with Crippen LogP contribution in [-0.2, 0) is 4.74 Å². The van der Waals surface area contributed by atoms with Crippen LogP contribution < -0.4 is 10.1 Å². The maximum atomic E-state index is 5.41. The zero-order valence-electron chi connectivity index (χ0n) is 8.32. The molecule has 1 N–H and O–H groups in total. The lowest BCUT2D eigenvalue weighted by Gasteiger charge is -2.24. The SMILES string of the molecule is COc1cccc([C@H]2COCCN2)c1. The van der Waals surface area contributed by atoms with Gasteiger partial charge in [-0.15, -0.1) is 0 Å². The lowest BCUT2D eigenvalue weighted by Crippen LogP contribution is -2.34. The number of morpholine rings is 1. The van der Waals surface area contributed by atoms with Crippen molar-refractivity contribution < 1.29 is 9.47 Å². The number of hydrogen-bond acceptors (Lipinski definition) is 3. The highest BCUT2D eigenvalue weighted by Gasteiger charge is 2.14. The van der Waals surface area contributed by atoms with Gasteiger partial charge in [-0.2, -0.15) is 0 Å². The molecule has 0 amide bonds. The van der Waals surface area contributed by atoms with Gasteiger partial charge in [-0.05, 0) is 17.7 Å². The van der Waals surface area contributed by atoms with Crippen LogP contribution in [0.15, 0.2) is 24.3 Å². The average Bonchev–Trinajstić information content (AvgIpc) is 2.30. The topological polar surface area (TPSA) is 30.5 Å². The van der Waals surface area contributed by atoms with Crippen LogP contribution in [0.4, 0.5) is 0 Å². The first kappa shape index (κ1) is 9.49. The maximum absolute atomic E-state index is 5.41. The van der Waals surface area contributed by atoms with Crippen LogP contribution in [0.3, 0.4) is 0 Å². The number of benzene rings is 1. The molecular weight excluding hydrogens is 178 g/mol. The first-order valence-corrected chi connectivity index (χ1v) is 4.85. The molecule has 0 spiro atoms. The van der Waals surface area contributed by atoms with Crippen molar-refractivity contribution >= 4 is 0 Å². The molecule has 76 valence electrons. The van der Waals surface area contributed by atoms with Crippen molar-refractivity contribution in [3.8, 4) is 5.75 Å². The molecule has 0 aromatic heterocycles. The van der Waals surface area contributed by atoms with E-state index < -0.39 is 0 Å². The fourth-order valence-corrected chi connectivity index (χ4v) is 1.64. The van der Waals surface area contributed by atoms with Gasteiger partial charge < -0.3 is 14.8 Å². The minimum atomic E-state index is 0.304. The van der Waals surface area contributed by atoms with E-state index >= 15 is 0 Å². The summed E-state index contributed by atoms with van der Waals surface area (Å²) >= 11 is 0. The third kappa shape index (κ3) is 2.05. The molecule has 0 saturated carbocycles. The third-order valence-electron chi connectivity index (χ3n) is 2.42. The number of rotatable bonds is 2. The van der Waals surface area contributed by atoms with E-state index in [4.69, 9.17) is 9.47 Å². The van der Waals surface area contributed by atoms with Crippen molar-refractivity contribution in [3.05, 3.63) is 29.8 Å². The molecule has 1 aromatic rings. The molecule has 0 radical (unpaired) electrons. The first-order valence-electron chi connectivity index (χ1n) is 4.85. The molecule has 1 aliphatic heterocycles. The summed E-state index contributed by atoms with van der Waals surface area (Å²) in [5, 5.41) is 3.41. The summed E-state index contributed by atoms with van der Waals surface area (Å²) in [6, 6.07) is 8.40. The summed E-state index contributed by atoms with van der Waals surface area (Å²) < 4.78 is 10.6. The summed E-state index contributed by atoms with van der Waals surface area (Å²) in [7, 11) is 1.68. The minimum absolute atomic E-state index is 0.304. The molecule has 0 bridgehead atoms. The van der Waals surface area contributed by atoms with Crippen LogP contribution in [0.2, 0.25) is 0 Å². The lowest BCUT2D eigenvalue weighted by atomic mass is 10.1. The summed E-state index contributed by atoms with van der Waals surface area (Å²) in [4.78, 5) is 0. The molecule has 1 aromatic carbocycles. The molecule has 3 heteroatoms. The fraction of sp³-hybridized carbons (Fsp3) is 0.455.